The summed E-state index contributed by atoms with van der Waals surface area (Å²) >= 11 is 0. The molecule has 0 heterocycles. The maximum Gasteiger partial charge on any atom is 0.305 e. The summed E-state index contributed by atoms with van der Waals surface area (Å²) in [5.41, 5.74) is 0. The highest BCUT2D eigenvalue weighted by atomic mass is 16.5. The van der Waals surface area contributed by atoms with Crippen LogP contribution < -0.4 is 5.32 Å². The molecule has 58 heavy (non-hydrogen) atoms. The second-order valence-corrected chi connectivity index (χ2v) is 17.5. The minimum Gasteiger partial charge on any atom is -0.466 e. The molecule has 342 valence electrons. The van der Waals surface area contributed by atoms with Crippen molar-refractivity contribution < 1.29 is 24.5 Å². The Hall–Kier alpha value is -1.66. The van der Waals surface area contributed by atoms with Crippen molar-refractivity contribution in [3.8, 4) is 0 Å². The number of hydrogen-bond acceptors (Lipinski definition) is 5. The maximum absolute atomic E-state index is 12.4. The first-order chi connectivity index (χ1) is 28.5. The molecule has 1 amide bonds. The highest BCUT2D eigenvalue weighted by Crippen LogP contribution is 2.15. The Bertz CT molecular complexity index is 904. The lowest BCUT2D eigenvalue weighted by Gasteiger charge is -2.20. The van der Waals surface area contributed by atoms with Gasteiger partial charge in [0.1, 0.15) is 0 Å². The van der Waals surface area contributed by atoms with E-state index in [1.54, 1.807) is 6.08 Å². The minimum absolute atomic E-state index is 0.0143. The maximum atomic E-state index is 12.4. The lowest BCUT2D eigenvalue weighted by Crippen LogP contribution is -2.45. The topological polar surface area (TPSA) is 95.9 Å². The predicted octanol–water partition coefficient (Wildman–Crippen LogP) is 15.1. The van der Waals surface area contributed by atoms with Gasteiger partial charge in [0.05, 0.1) is 25.4 Å². The van der Waals surface area contributed by atoms with Gasteiger partial charge in [-0.15, -0.1) is 0 Å². The molecule has 0 spiro atoms. The molecule has 6 heteroatoms. The lowest BCUT2D eigenvalue weighted by atomic mass is 10.0. The monoisotopic (exact) mass is 818 g/mol. The van der Waals surface area contributed by atoms with Gasteiger partial charge in [0.15, 0.2) is 0 Å². The van der Waals surface area contributed by atoms with Crippen molar-refractivity contribution in [2.45, 2.75) is 283 Å². The van der Waals surface area contributed by atoms with Gasteiger partial charge >= 0.3 is 5.97 Å². The summed E-state index contributed by atoms with van der Waals surface area (Å²) in [4.78, 5) is 24.4. The van der Waals surface area contributed by atoms with Crippen molar-refractivity contribution in [2.75, 3.05) is 13.2 Å². The molecule has 2 unspecified atom stereocenters. The SMILES string of the molecule is CCCCCCCCC/C=C\CCCCCCCCCC(=O)OCCCCCCCCCCCCCCC(=O)NC(CO)C(O)/C=C/CCCCCCCCCCC. The molecule has 0 aliphatic rings. The number of unbranched alkanes of at least 4 members (excludes halogenated alkanes) is 34. The summed E-state index contributed by atoms with van der Waals surface area (Å²) < 4.78 is 5.47. The Balaban J connectivity index is 3.46. The first-order valence-corrected chi connectivity index (χ1v) is 25.6. The van der Waals surface area contributed by atoms with Gasteiger partial charge in [-0.3, -0.25) is 9.59 Å². The molecule has 0 radical (unpaired) electrons. The molecule has 2 atom stereocenters. The molecule has 3 N–H and O–H groups in total. The van der Waals surface area contributed by atoms with Gasteiger partial charge in [-0.25, -0.2) is 0 Å². The van der Waals surface area contributed by atoms with Crippen LogP contribution in [-0.2, 0) is 14.3 Å². The van der Waals surface area contributed by atoms with E-state index in [0.29, 0.717) is 19.4 Å². The molecule has 0 fully saturated rings. The summed E-state index contributed by atoms with van der Waals surface area (Å²) in [7, 11) is 0. The molecule has 0 saturated carbocycles. The van der Waals surface area contributed by atoms with Gasteiger partial charge in [0, 0.05) is 12.8 Å². The molecule has 0 aromatic rings. The van der Waals surface area contributed by atoms with E-state index in [-0.39, 0.29) is 18.5 Å². The third-order valence-electron chi connectivity index (χ3n) is 11.7. The molecule has 6 nitrogen and oxygen atoms in total. The van der Waals surface area contributed by atoms with Crippen LogP contribution in [0.25, 0.3) is 0 Å². The van der Waals surface area contributed by atoms with Crippen molar-refractivity contribution in [3.05, 3.63) is 24.3 Å². The fourth-order valence-corrected chi connectivity index (χ4v) is 7.74. The standard InChI is InChI=1S/C52H99NO5/c1-3-5-7-9-11-13-15-16-17-18-19-20-21-26-30-34-38-42-46-52(57)58-47-43-39-35-31-27-23-22-25-29-33-37-41-45-51(56)53-49(48-54)50(55)44-40-36-32-28-24-14-12-10-8-6-4-2/h17-18,40,44,49-50,54-55H,3-16,19-39,41-43,45-48H2,1-2H3,(H,53,56)/b18-17-,44-40+. The van der Waals surface area contributed by atoms with Crippen LogP contribution in [0.2, 0.25) is 0 Å². The molecule has 0 rings (SSSR count). The van der Waals surface area contributed by atoms with Gasteiger partial charge < -0.3 is 20.3 Å². The van der Waals surface area contributed by atoms with Crippen LogP contribution >= 0.6 is 0 Å². The molecular weight excluding hydrogens is 719 g/mol. The normalized spacial score (nSPS) is 12.8. The Morgan fingerprint density at radius 2 is 0.810 bits per heavy atom. The number of aliphatic hydroxyl groups is 2. The Kier molecular flexibility index (Phi) is 46.6. The fourth-order valence-electron chi connectivity index (χ4n) is 7.74. The van der Waals surface area contributed by atoms with Crippen molar-refractivity contribution in [1.29, 1.82) is 0 Å². The number of carbonyl (C=O) groups excluding carboxylic acids is 2. The zero-order chi connectivity index (χ0) is 42.3. The first kappa shape index (κ1) is 56.3. The van der Waals surface area contributed by atoms with E-state index in [2.05, 4.69) is 31.3 Å². The summed E-state index contributed by atoms with van der Waals surface area (Å²) in [6, 6.07) is -0.638. The average molecular weight is 818 g/mol. The van der Waals surface area contributed by atoms with Crippen molar-refractivity contribution in [2.24, 2.45) is 0 Å². The van der Waals surface area contributed by atoms with Gasteiger partial charge in [-0.05, 0) is 57.8 Å². The first-order valence-electron chi connectivity index (χ1n) is 25.6. The number of nitrogens with one attached hydrogen (secondary N) is 1. The summed E-state index contributed by atoms with van der Waals surface area (Å²) in [6.07, 6.45) is 56.0. The number of esters is 1. The predicted molar refractivity (Wildman–Crippen MR) is 250 cm³/mol. The van der Waals surface area contributed by atoms with E-state index in [9.17, 15) is 19.8 Å². The van der Waals surface area contributed by atoms with E-state index in [0.717, 1.165) is 57.8 Å². The van der Waals surface area contributed by atoms with Crippen LogP contribution in [0.1, 0.15) is 271 Å². The summed E-state index contributed by atoms with van der Waals surface area (Å²) in [5.74, 6) is -0.0994. The summed E-state index contributed by atoms with van der Waals surface area (Å²) in [5, 5.41) is 22.9. The molecular formula is C52H99NO5. The minimum atomic E-state index is -0.853. The number of amides is 1. The number of aliphatic hydroxyl groups excluding tert-OH is 2. The number of rotatable bonds is 47. The second-order valence-electron chi connectivity index (χ2n) is 17.5. The van der Waals surface area contributed by atoms with Crippen LogP contribution in [-0.4, -0.2) is 47.4 Å². The molecule has 0 saturated heterocycles. The van der Waals surface area contributed by atoms with Crippen molar-refractivity contribution in [1.82, 2.24) is 5.32 Å². The third kappa shape index (κ3) is 43.9. The fraction of sp³-hybridized carbons (Fsp3) is 0.885. The number of hydrogen-bond donors (Lipinski definition) is 3. The largest absolute Gasteiger partial charge is 0.466 e. The highest BCUT2D eigenvalue weighted by Gasteiger charge is 2.18. The van der Waals surface area contributed by atoms with E-state index in [1.165, 1.54) is 186 Å². The van der Waals surface area contributed by atoms with Gasteiger partial charge in [-0.1, -0.05) is 224 Å². The molecule has 0 aromatic carbocycles. The molecule has 0 aliphatic carbocycles. The van der Waals surface area contributed by atoms with Crippen LogP contribution in [0.3, 0.4) is 0 Å². The summed E-state index contributed by atoms with van der Waals surface area (Å²) in [6.45, 7) is 4.85. The van der Waals surface area contributed by atoms with Gasteiger partial charge in [0.2, 0.25) is 5.91 Å². The lowest BCUT2D eigenvalue weighted by molar-refractivity contribution is -0.143. The number of allylic oxidation sites excluding steroid dienone is 3. The highest BCUT2D eigenvalue weighted by molar-refractivity contribution is 5.76. The molecule has 0 bridgehead atoms. The quantitative estimate of drug-likeness (QED) is 0.0323. The van der Waals surface area contributed by atoms with E-state index in [4.69, 9.17) is 4.74 Å². The zero-order valence-corrected chi connectivity index (χ0v) is 38.8. The van der Waals surface area contributed by atoms with Gasteiger partial charge in [-0.2, -0.15) is 0 Å². The Morgan fingerprint density at radius 3 is 1.22 bits per heavy atom. The van der Waals surface area contributed by atoms with E-state index >= 15 is 0 Å². The second kappa shape index (κ2) is 48.0. The average Bonchev–Trinajstić information content (AvgIpc) is 3.22. The van der Waals surface area contributed by atoms with Crippen LogP contribution in [0, 0.1) is 0 Å². The van der Waals surface area contributed by atoms with Gasteiger partial charge in [0.25, 0.3) is 0 Å². The number of carbonyl (C=O) groups is 2. The van der Waals surface area contributed by atoms with E-state index in [1.807, 2.05) is 6.08 Å². The molecule has 0 aromatic heterocycles. The van der Waals surface area contributed by atoms with E-state index < -0.39 is 12.1 Å². The Labute approximate surface area is 361 Å². The van der Waals surface area contributed by atoms with Crippen molar-refractivity contribution in [3.63, 3.8) is 0 Å². The van der Waals surface area contributed by atoms with Crippen molar-refractivity contribution >= 4 is 11.9 Å². The number of ether oxygens (including phenoxy) is 1. The smallest absolute Gasteiger partial charge is 0.305 e. The Morgan fingerprint density at radius 1 is 0.466 bits per heavy atom. The zero-order valence-electron chi connectivity index (χ0n) is 38.8. The van der Waals surface area contributed by atoms with Crippen LogP contribution in [0.4, 0.5) is 0 Å². The molecule has 0 aliphatic heterocycles. The van der Waals surface area contributed by atoms with Crippen LogP contribution in [0.5, 0.6) is 0 Å². The third-order valence-corrected chi connectivity index (χ3v) is 11.7. The van der Waals surface area contributed by atoms with Crippen LogP contribution in [0.15, 0.2) is 24.3 Å².